The summed E-state index contributed by atoms with van der Waals surface area (Å²) in [5, 5.41) is 7.01. The molecule has 0 aromatic rings. The van der Waals surface area contributed by atoms with E-state index < -0.39 is 0 Å². The fourth-order valence-electron chi connectivity index (χ4n) is 2.19. The molecule has 1 aliphatic rings. The Morgan fingerprint density at radius 2 is 2.00 bits per heavy atom. The van der Waals surface area contributed by atoms with E-state index in [1.807, 2.05) is 25.7 Å². The molecule has 1 amide bonds. The van der Waals surface area contributed by atoms with Crippen molar-refractivity contribution in [3.63, 3.8) is 0 Å². The van der Waals surface area contributed by atoms with Crippen LogP contribution in [0.1, 0.15) is 32.6 Å². The van der Waals surface area contributed by atoms with Gasteiger partial charge in [-0.25, -0.2) is 0 Å². The van der Waals surface area contributed by atoms with Crippen molar-refractivity contribution in [1.29, 1.82) is 0 Å². The second-order valence-corrected chi connectivity index (χ2v) is 5.81. The van der Waals surface area contributed by atoms with Crippen LogP contribution in [0, 0.1) is 5.92 Å². The molecule has 0 heterocycles. The highest BCUT2D eigenvalue weighted by Gasteiger charge is 2.23. The summed E-state index contributed by atoms with van der Waals surface area (Å²) in [6, 6.07) is 0.412. The minimum Gasteiger partial charge on any atom is -0.353 e. The maximum Gasteiger partial charge on any atom is 0.224 e. The first-order chi connectivity index (χ1) is 7.67. The van der Waals surface area contributed by atoms with Crippen LogP contribution in [0.3, 0.4) is 0 Å². The molecular formula is C12H24N2OS. The van der Waals surface area contributed by atoms with Gasteiger partial charge in [-0.15, -0.1) is 0 Å². The van der Waals surface area contributed by atoms with E-state index in [1.165, 1.54) is 12.8 Å². The van der Waals surface area contributed by atoms with E-state index in [4.69, 9.17) is 0 Å². The Balaban J connectivity index is 2.25. The van der Waals surface area contributed by atoms with E-state index in [1.54, 1.807) is 0 Å². The average molecular weight is 244 g/mol. The molecule has 0 aromatic heterocycles. The molecule has 0 aliphatic heterocycles. The van der Waals surface area contributed by atoms with Crippen molar-refractivity contribution >= 4 is 17.7 Å². The Morgan fingerprint density at radius 3 is 2.50 bits per heavy atom. The predicted molar refractivity (Wildman–Crippen MR) is 70.8 cm³/mol. The van der Waals surface area contributed by atoms with Crippen LogP contribution >= 0.6 is 11.8 Å². The lowest BCUT2D eigenvalue weighted by Gasteiger charge is -2.28. The molecule has 16 heavy (non-hydrogen) atoms. The van der Waals surface area contributed by atoms with Crippen molar-refractivity contribution in [2.24, 2.45) is 5.92 Å². The summed E-state index contributed by atoms with van der Waals surface area (Å²) in [6.07, 6.45) is 6.95. The third-order valence-corrected chi connectivity index (χ3v) is 4.45. The zero-order valence-electron chi connectivity index (χ0n) is 10.6. The van der Waals surface area contributed by atoms with E-state index in [9.17, 15) is 4.79 Å². The summed E-state index contributed by atoms with van der Waals surface area (Å²) < 4.78 is 0. The molecule has 4 heteroatoms. The normalized spacial score (nSPS) is 27.4. The lowest BCUT2D eigenvalue weighted by atomic mass is 9.94. The summed E-state index contributed by atoms with van der Waals surface area (Å²) >= 11 is 1.96. The lowest BCUT2D eigenvalue weighted by molar-refractivity contribution is -0.125. The Morgan fingerprint density at radius 1 is 1.38 bits per heavy atom. The largest absolute Gasteiger partial charge is 0.353 e. The number of hydrogen-bond donors (Lipinski definition) is 2. The van der Waals surface area contributed by atoms with E-state index >= 15 is 0 Å². The molecule has 0 saturated heterocycles. The SMILES string of the molecule is CNCC(C)C(=O)NC1CCC(SC)CC1. The van der Waals surface area contributed by atoms with Crippen molar-refractivity contribution in [2.45, 2.75) is 43.9 Å². The highest BCUT2D eigenvalue weighted by molar-refractivity contribution is 7.99. The van der Waals surface area contributed by atoms with Gasteiger partial charge in [-0.2, -0.15) is 11.8 Å². The number of carbonyl (C=O) groups is 1. The molecule has 0 bridgehead atoms. The van der Waals surface area contributed by atoms with Gasteiger partial charge in [0.1, 0.15) is 0 Å². The fourth-order valence-corrected chi connectivity index (χ4v) is 2.93. The Bertz CT molecular complexity index is 215. The van der Waals surface area contributed by atoms with Gasteiger partial charge >= 0.3 is 0 Å². The minimum absolute atomic E-state index is 0.0725. The van der Waals surface area contributed by atoms with Gasteiger partial charge in [0.25, 0.3) is 0 Å². The molecule has 1 fully saturated rings. The number of nitrogens with one attached hydrogen (secondary N) is 2. The second-order valence-electron chi connectivity index (χ2n) is 4.68. The van der Waals surface area contributed by atoms with Gasteiger partial charge in [0, 0.05) is 23.8 Å². The molecule has 0 aromatic carbocycles. The number of thioether (sulfide) groups is 1. The molecule has 3 nitrogen and oxygen atoms in total. The minimum atomic E-state index is 0.0725. The summed E-state index contributed by atoms with van der Waals surface area (Å²) in [4.78, 5) is 11.8. The first-order valence-corrected chi connectivity index (χ1v) is 7.44. The lowest BCUT2D eigenvalue weighted by Crippen LogP contribution is -2.42. The third kappa shape index (κ3) is 4.34. The average Bonchev–Trinajstić information content (AvgIpc) is 2.30. The first kappa shape index (κ1) is 13.8. The zero-order valence-corrected chi connectivity index (χ0v) is 11.4. The smallest absolute Gasteiger partial charge is 0.224 e. The molecule has 1 saturated carbocycles. The van der Waals surface area contributed by atoms with Gasteiger partial charge in [-0.05, 0) is 39.0 Å². The van der Waals surface area contributed by atoms with Crippen LogP contribution in [-0.4, -0.2) is 37.0 Å². The van der Waals surface area contributed by atoms with Crippen molar-refractivity contribution < 1.29 is 4.79 Å². The maximum absolute atomic E-state index is 11.8. The van der Waals surface area contributed by atoms with Gasteiger partial charge in [-0.3, -0.25) is 4.79 Å². The first-order valence-electron chi connectivity index (χ1n) is 6.15. The highest BCUT2D eigenvalue weighted by Crippen LogP contribution is 2.26. The van der Waals surface area contributed by atoms with Crippen LogP contribution in [0.4, 0.5) is 0 Å². The van der Waals surface area contributed by atoms with E-state index in [0.29, 0.717) is 6.04 Å². The van der Waals surface area contributed by atoms with Gasteiger partial charge in [0.15, 0.2) is 0 Å². The molecule has 0 radical (unpaired) electrons. The fraction of sp³-hybridized carbons (Fsp3) is 0.917. The molecule has 94 valence electrons. The molecule has 1 atom stereocenters. The zero-order chi connectivity index (χ0) is 12.0. The molecule has 2 N–H and O–H groups in total. The molecule has 1 aliphatic carbocycles. The molecule has 1 unspecified atom stereocenters. The number of hydrogen-bond acceptors (Lipinski definition) is 3. The van der Waals surface area contributed by atoms with Gasteiger partial charge in [0.2, 0.25) is 5.91 Å². The van der Waals surface area contributed by atoms with Gasteiger partial charge < -0.3 is 10.6 Å². The van der Waals surface area contributed by atoms with Crippen LogP contribution in [0.25, 0.3) is 0 Å². The van der Waals surface area contributed by atoms with Crippen LogP contribution in [0.2, 0.25) is 0 Å². The second kappa shape index (κ2) is 7.17. The Kier molecular flexibility index (Phi) is 6.21. The van der Waals surface area contributed by atoms with Crippen molar-refractivity contribution in [1.82, 2.24) is 10.6 Å². The van der Waals surface area contributed by atoms with Gasteiger partial charge in [-0.1, -0.05) is 6.92 Å². The van der Waals surface area contributed by atoms with Crippen LogP contribution in [-0.2, 0) is 4.79 Å². The number of carbonyl (C=O) groups excluding carboxylic acids is 1. The number of amides is 1. The summed E-state index contributed by atoms with van der Waals surface area (Å²) in [5.74, 6) is 0.269. The molecular weight excluding hydrogens is 220 g/mol. The van der Waals surface area contributed by atoms with Crippen molar-refractivity contribution in [3.8, 4) is 0 Å². The monoisotopic (exact) mass is 244 g/mol. The summed E-state index contributed by atoms with van der Waals surface area (Å²) in [5.41, 5.74) is 0. The molecule has 0 spiro atoms. The van der Waals surface area contributed by atoms with E-state index in [0.717, 1.165) is 24.6 Å². The van der Waals surface area contributed by atoms with Crippen LogP contribution in [0.15, 0.2) is 0 Å². The van der Waals surface area contributed by atoms with Crippen molar-refractivity contribution in [3.05, 3.63) is 0 Å². The van der Waals surface area contributed by atoms with Gasteiger partial charge in [0.05, 0.1) is 0 Å². The molecule has 1 rings (SSSR count). The van der Waals surface area contributed by atoms with Crippen LogP contribution < -0.4 is 10.6 Å². The Labute approximate surface area is 103 Å². The topological polar surface area (TPSA) is 41.1 Å². The highest BCUT2D eigenvalue weighted by atomic mass is 32.2. The summed E-state index contributed by atoms with van der Waals surface area (Å²) in [7, 11) is 1.88. The van der Waals surface area contributed by atoms with Crippen LogP contribution in [0.5, 0.6) is 0 Å². The third-order valence-electron chi connectivity index (χ3n) is 3.31. The predicted octanol–water partition coefficient (Wildman–Crippen LogP) is 1.63. The standard InChI is InChI=1S/C12H24N2OS/c1-9(8-13-2)12(15)14-10-4-6-11(16-3)7-5-10/h9-11,13H,4-8H2,1-3H3,(H,14,15). The number of rotatable bonds is 5. The van der Waals surface area contributed by atoms with Crippen molar-refractivity contribution in [2.75, 3.05) is 19.8 Å². The Hall–Kier alpha value is -0.220. The quantitative estimate of drug-likeness (QED) is 0.772. The summed E-state index contributed by atoms with van der Waals surface area (Å²) in [6.45, 7) is 2.73. The maximum atomic E-state index is 11.8. The van der Waals surface area contributed by atoms with E-state index in [-0.39, 0.29) is 11.8 Å². The van der Waals surface area contributed by atoms with E-state index in [2.05, 4.69) is 16.9 Å².